The highest BCUT2D eigenvalue weighted by molar-refractivity contribution is 5.93. The maximum absolute atomic E-state index is 12.6. The van der Waals surface area contributed by atoms with Gasteiger partial charge in [0, 0.05) is 38.3 Å². The summed E-state index contributed by atoms with van der Waals surface area (Å²) in [6.07, 6.45) is 0. The lowest BCUT2D eigenvalue weighted by Gasteiger charge is -2.15. The highest BCUT2D eigenvalue weighted by Gasteiger charge is 2.11. The molecule has 0 fully saturated rings. The van der Waals surface area contributed by atoms with Crippen LogP contribution in [-0.2, 0) is 13.1 Å². The van der Waals surface area contributed by atoms with Crippen molar-refractivity contribution in [2.45, 2.75) is 33.5 Å². The van der Waals surface area contributed by atoms with E-state index in [4.69, 9.17) is 0 Å². The van der Waals surface area contributed by atoms with E-state index in [-0.39, 0.29) is 18.2 Å². The van der Waals surface area contributed by atoms with Crippen molar-refractivity contribution in [3.8, 4) is 5.75 Å². The number of aryl methyl sites for hydroxylation is 1. The van der Waals surface area contributed by atoms with E-state index in [1.54, 1.807) is 44.4 Å². The maximum Gasteiger partial charge on any atom is 0.387 e. The Balaban J connectivity index is 2.06. The largest absolute Gasteiger partial charge is 0.434 e. The molecule has 0 saturated carbocycles. The third-order valence-electron chi connectivity index (χ3n) is 4.25. The molecule has 2 aromatic rings. The van der Waals surface area contributed by atoms with Gasteiger partial charge in [0.15, 0.2) is 5.96 Å². The summed E-state index contributed by atoms with van der Waals surface area (Å²) in [5.41, 5.74) is 3.12. The van der Waals surface area contributed by atoms with Crippen LogP contribution in [0.5, 0.6) is 5.75 Å². The van der Waals surface area contributed by atoms with Crippen LogP contribution in [0.3, 0.4) is 0 Å². The first kappa shape index (κ1) is 23.1. The number of aliphatic imine (C=N–C) groups is 1. The zero-order valence-corrected chi connectivity index (χ0v) is 17.7. The Morgan fingerprint density at radius 1 is 1.13 bits per heavy atom. The molecule has 0 aliphatic rings. The van der Waals surface area contributed by atoms with E-state index in [1.807, 2.05) is 26.0 Å². The van der Waals surface area contributed by atoms with Gasteiger partial charge in [-0.05, 0) is 37.6 Å². The summed E-state index contributed by atoms with van der Waals surface area (Å²) in [6.45, 7) is 2.29. The van der Waals surface area contributed by atoms with E-state index in [1.165, 1.54) is 4.90 Å². The maximum atomic E-state index is 12.6. The molecular weight excluding hydrogens is 390 g/mol. The minimum atomic E-state index is -2.88. The molecule has 8 heteroatoms. The summed E-state index contributed by atoms with van der Waals surface area (Å²) in [5, 5.41) is 6.28. The number of halogens is 2. The van der Waals surface area contributed by atoms with Crippen LogP contribution in [0.1, 0.15) is 34.0 Å². The van der Waals surface area contributed by atoms with Gasteiger partial charge in [-0.25, -0.2) is 4.99 Å². The normalized spacial score (nSPS) is 11.4. The quantitative estimate of drug-likeness (QED) is 0.508. The third kappa shape index (κ3) is 7.02. The SMILES string of the molecule is CCNC(=NCc1ccc(C(=O)N(C)C)cc1)NCc1cc(C)ccc1OC(F)F. The van der Waals surface area contributed by atoms with E-state index in [0.717, 1.165) is 11.1 Å². The van der Waals surface area contributed by atoms with Crippen LogP contribution >= 0.6 is 0 Å². The van der Waals surface area contributed by atoms with Gasteiger partial charge < -0.3 is 20.3 Å². The van der Waals surface area contributed by atoms with Gasteiger partial charge in [0.05, 0.1) is 6.54 Å². The van der Waals surface area contributed by atoms with Crippen molar-refractivity contribution in [3.63, 3.8) is 0 Å². The number of guanidine groups is 1. The average Bonchev–Trinajstić information content (AvgIpc) is 2.71. The molecule has 0 aliphatic heterocycles. The Morgan fingerprint density at radius 2 is 1.83 bits per heavy atom. The van der Waals surface area contributed by atoms with Crippen molar-refractivity contribution in [2.75, 3.05) is 20.6 Å². The molecule has 30 heavy (non-hydrogen) atoms. The zero-order chi connectivity index (χ0) is 22.1. The first-order valence-electron chi connectivity index (χ1n) is 9.67. The molecule has 0 bridgehead atoms. The van der Waals surface area contributed by atoms with Gasteiger partial charge >= 0.3 is 6.61 Å². The lowest BCUT2D eigenvalue weighted by Crippen LogP contribution is -2.36. The summed E-state index contributed by atoms with van der Waals surface area (Å²) >= 11 is 0. The van der Waals surface area contributed by atoms with Gasteiger partial charge in [0.2, 0.25) is 0 Å². The number of amides is 1. The standard InChI is InChI=1S/C22H28F2N4O2/c1-5-25-22(26-13-16-7-9-17(10-8-16)20(29)28(3)4)27-14-18-12-15(2)6-11-19(18)30-21(23)24/h6-12,21H,5,13-14H2,1-4H3,(H2,25,26,27). The number of benzene rings is 2. The van der Waals surface area contributed by atoms with Gasteiger partial charge in [-0.2, -0.15) is 8.78 Å². The Morgan fingerprint density at radius 3 is 2.43 bits per heavy atom. The van der Waals surface area contributed by atoms with Crippen molar-refractivity contribution in [1.82, 2.24) is 15.5 Å². The van der Waals surface area contributed by atoms with E-state index < -0.39 is 6.61 Å². The van der Waals surface area contributed by atoms with Crippen LogP contribution < -0.4 is 15.4 Å². The molecule has 0 aliphatic carbocycles. The van der Waals surface area contributed by atoms with Crippen LogP contribution in [0.15, 0.2) is 47.5 Å². The first-order valence-corrected chi connectivity index (χ1v) is 9.67. The molecule has 2 aromatic carbocycles. The molecule has 0 aromatic heterocycles. The van der Waals surface area contributed by atoms with Gasteiger partial charge in [0.25, 0.3) is 5.91 Å². The Labute approximate surface area is 175 Å². The molecule has 0 saturated heterocycles. The highest BCUT2D eigenvalue weighted by atomic mass is 19.3. The number of alkyl halides is 2. The first-order chi connectivity index (χ1) is 14.3. The second kappa shape index (κ2) is 11.1. The lowest BCUT2D eigenvalue weighted by atomic mass is 10.1. The molecule has 162 valence electrons. The molecular formula is C22H28F2N4O2. The fourth-order valence-corrected chi connectivity index (χ4v) is 2.76. The summed E-state index contributed by atoms with van der Waals surface area (Å²) in [5.74, 6) is 0.635. The minimum absolute atomic E-state index is 0.0555. The van der Waals surface area contributed by atoms with Crippen LogP contribution in [0.2, 0.25) is 0 Å². The molecule has 1 amide bonds. The topological polar surface area (TPSA) is 66.0 Å². The summed E-state index contributed by atoms with van der Waals surface area (Å²) in [7, 11) is 3.42. The smallest absolute Gasteiger partial charge is 0.387 e. The van der Waals surface area contributed by atoms with Gasteiger partial charge in [-0.1, -0.05) is 29.8 Å². The predicted octanol–water partition coefficient (Wildman–Crippen LogP) is 3.55. The molecule has 2 rings (SSSR count). The molecule has 0 unspecified atom stereocenters. The van der Waals surface area contributed by atoms with Gasteiger partial charge in [-0.3, -0.25) is 4.79 Å². The monoisotopic (exact) mass is 418 g/mol. The number of hydrogen-bond donors (Lipinski definition) is 2. The molecule has 0 spiro atoms. The molecule has 0 radical (unpaired) electrons. The Bertz CT molecular complexity index is 868. The molecule has 6 nitrogen and oxygen atoms in total. The number of nitrogens with one attached hydrogen (secondary N) is 2. The molecule has 2 N–H and O–H groups in total. The van der Waals surface area contributed by atoms with Crippen molar-refractivity contribution in [3.05, 3.63) is 64.7 Å². The van der Waals surface area contributed by atoms with Crippen LogP contribution in [-0.4, -0.2) is 44.0 Å². The summed E-state index contributed by atoms with van der Waals surface area (Å²) < 4.78 is 29.9. The number of rotatable bonds is 8. The second-order valence-corrected chi connectivity index (χ2v) is 6.93. The minimum Gasteiger partial charge on any atom is -0.434 e. The van der Waals surface area contributed by atoms with Gasteiger partial charge in [-0.15, -0.1) is 0 Å². The van der Waals surface area contributed by atoms with Crippen molar-refractivity contribution in [1.29, 1.82) is 0 Å². The number of carbonyl (C=O) groups excluding carboxylic acids is 1. The van der Waals surface area contributed by atoms with Crippen molar-refractivity contribution >= 4 is 11.9 Å². The Hall–Kier alpha value is -3.16. The number of carbonyl (C=O) groups is 1. The number of hydrogen-bond acceptors (Lipinski definition) is 3. The lowest BCUT2D eigenvalue weighted by molar-refractivity contribution is -0.0504. The molecule has 0 heterocycles. The zero-order valence-electron chi connectivity index (χ0n) is 17.7. The highest BCUT2D eigenvalue weighted by Crippen LogP contribution is 2.22. The Kier molecular flexibility index (Phi) is 8.58. The second-order valence-electron chi connectivity index (χ2n) is 6.93. The summed E-state index contributed by atoms with van der Waals surface area (Å²) in [6, 6.07) is 12.3. The van der Waals surface area contributed by atoms with Crippen LogP contribution in [0.4, 0.5) is 8.78 Å². The van der Waals surface area contributed by atoms with E-state index in [0.29, 0.717) is 30.2 Å². The fourth-order valence-electron chi connectivity index (χ4n) is 2.76. The van der Waals surface area contributed by atoms with E-state index in [9.17, 15) is 13.6 Å². The van der Waals surface area contributed by atoms with E-state index >= 15 is 0 Å². The third-order valence-corrected chi connectivity index (χ3v) is 4.25. The number of nitrogens with zero attached hydrogens (tertiary/aromatic N) is 2. The predicted molar refractivity (Wildman–Crippen MR) is 114 cm³/mol. The molecule has 0 atom stereocenters. The van der Waals surface area contributed by atoms with Crippen LogP contribution in [0, 0.1) is 6.92 Å². The summed E-state index contributed by atoms with van der Waals surface area (Å²) in [4.78, 5) is 18.0. The number of ether oxygens (including phenoxy) is 1. The van der Waals surface area contributed by atoms with Crippen molar-refractivity contribution < 1.29 is 18.3 Å². The van der Waals surface area contributed by atoms with Crippen molar-refractivity contribution in [2.24, 2.45) is 4.99 Å². The fraction of sp³-hybridized carbons (Fsp3) is 0.364. The average molecular weight is 418 g/mol. The van der Waals surface area contributed by atoms with E-state index in [2.05, 4.69) is 20.4 Å². The van der Waals surface area contributed by atoms with Crippen LogP contribution in [0.25, 0.3) is 0 Å². The van der Waals surface area contributed by atoms with Gasteiger partial charge in [0.1, 0.15) is 5.75 Å².